The highest BCUT2D eigenvalue weighted by atomic mass is 16.5. The van der Waals surface area contributed by atoms with Crippen molar-refractivity contribution < 1.29 is 14.3 Å². The Balaban J connectivity index is 1.69. The van der Waals surface area contributed by atoms with Gasteiger partial charge in [0.15, 0.2) is 0 Å². The molecule has 0 aliphatic heterocycles. The van der Waals surface area contributed by atoms with Crippen LogP contribution in [-0.4, -0.2) is 29.9 Å². The first-order chi connectivity index (χ1) is 14.8. The van der Waals surface area contributed by atoms with Crippen LogP contribution in [0.3, 0.4) is 0 Å². The third kappa shape index (κ3) is 5.08. The Morgan fingerprint density at radius 3 is 2.58 bits per heavy atom. The van der Waals surface area contributed by atoms with Crippen LogP contribution in [0, 0.1) is 20.8 Å². The SMILES string of the molecule is COc1cccc(-n2nc(C)c(CCC(=O)N[C@@H](C)c3cc(C)ccc3OC)c2C)c1. The lowest BCUT2D eigenvalue weighted by atomic mass is 10.0. The third-order valence-corrected chi connectivity index (χ3v) is 5.57. The molecule has 0 saturated heterocycles. The summed E-state index contributed by atoms with van der Waals surface area (Å²) in [6.07, 6.45) is 1.02. The van der Waals surface area contributed by atoms with Crippen molar-refractivity contribution in [3.8, 4) is 17.2 Å². The number of methoxy groups -OCH3 is 2. The number of hydrogen-bond acceptors (Lipinski definition) is 4. The fourth-order valence-corrected chi connectivity index (χ4v) is 3.85. The first-order valence-corrected chi connectivity index (χ1v) is 10.5. The minimum absolute atomic E-state index is 0.00369. The van der Waals surface area contributed by atoms with Crippen LogP contribution in [0.4, 0.5) is 0 Å². The normalized spacial score (nSPS) is 11.8. The zero-order valence-electron chi connectivity index (χ0n) is 19.2. The Morgan fingerprint density at radius 2 is 1.87 bits per heavy atom. The third-order valence-electron chi connectivity index (χ3n) is 5.57. The summed E-state index contributed by atoms with van der Waals surface area (Å²) in [5, 5.41) is 7.79. The van der Waals surface area contributed by atoms with E-state index in [0.717, 1.165) is 45.3 Å². The maximum absolute atomic E-state index is 12.7. The molecule has 1 aromatic heterocycles. The lowest BCUT2D eigenvalue weighted by Crippen LogP contribution is -2.27. The molecule has 6 nitrogen and oxygen atoms in total. The summed E-state index contributed by atoms with van der Waals surface area (Å²) in [6.45, 7) is 8.03. The van der Waals surface area contributed by atoms with E-state index in [0.29, 0.717) is 12.8 Å². The summed E-state index contributed by atoms with van der Waals surface area (Å²) in [7, 11) is 3.30. The molecular weight excluding hydrogens is 390 g/mol. The number of carbonyl (C=O) groups is 1. The number of ether oxygens (including phenoxy) is 2. The first kappa shape index (κ1) is 22.4. The minimum Gasteiger partial charge on any atom is -0.497 e. The molecule has 0 aliphatic rings. The highest BCUT2D eigenvalue weighted by Crippen LogP contribution is 2.26. The monoisotopic (exact) mass is 421 g/mol. The molecule has 31 heavy (non-hydrogen) atoms. The van der Waals surface area contributed by atoms with Gasteiger partial charge in [-0.05, 0) is 57.9 Å². The highest BCUT2D eigenvalue weighted by molar-refractivity contribution is 5.77. The highest BCUT2D eigenvalue weighted by Gasteiger charge is 2.17. The largest absolute Gasteiger partial charge is 0.497 e. The van der Waals surface area contributed by atoms with Crippen molar-refractivity contribution in [2.24, 2.45) is 0 Å². The Morgan fingerprint density at radius 1 is 1.10 bits per heavy atom. The number of hydrogen-bond donors (Lipinski definition) is 1. The molecule has 0 saturated carbocycles. The van der Waals surface area contributed by atoms with Crippen molar-refractivity contribution in [2.45, 2.75) is 46.6 Å². The quantitative estimate of drug-likeness (QED) is 0.576. The van der Waals surface area contributed by atoms with Crippen LogP contribution in [0.1, 0.15) is 47.5 Å². The number of aryl methyl sites for hydroxylation is 2. The fraction of sp³-hybridized carbons (Fsp3) is 0.360. The van der Waals surface area contributed by atoms with E-state index in [-0.39, 0.29) is 11.9 Å². The lowest BCUT2D eigenvalue weighted by Gasteiger charge is -2.18. The summed E-state index contributed by atoms with van der Waals surface area (Å²) in [4.78, 5) is 12.7. The predicted octanol–water partition coefficient (Wildman–Crippen LogP) is 4.62. The smallest absolute Gasteiger partial charge is 0.220 e. The predicted molar refractivity (Wildman–Crippen MR) is 122 cm³/mol. The molecule has 6 heteroatoms. The van der Waals surface area contributed by atoms with Crippen LogP contribution >= 0.6 is 0 Å². The lowest BCUT2D eigenvalue weighted by molar-refractivity contribution is -0.121. The van der Waals surface area contributed by atoms with Crippen molar-refractivity contribution in [1.82, 2.24) is 15.1 Å². The van der Waals surface area contributed by atoms with Crippen molar-refractivity contribution in [2.75, 3.05) is 14.2 Å². The van der Waals surface area contributed by atoms with Gasteiger partial charge in [0.25, 0.3) is 0 Å². The van der Waals surface area contributed by atoms with Gasteiger partial charge in [0.1, 0.15) is 11.5 Å². The molecular formula is C25H31N3O3. The first-order valence-electron chi connectivity index (χ1n) is 10.5. The standard InChI is InChI=1S/C25H31N3O3/c1-16-10-12-24(31-6)23(14-16)17(2)26-25(29)13-11-22-18(3)27-28(19(22)4)20-8-7-9-21(15-20)30-5/h7-10,12,14-15,17H,11,13H2,1-6H3,(H,26,29)/t17-/m0/s1. The summed E-state index contributed by atoms with van der Waals surface area (Å²) in [5.41, 5.74) is 6.12. The van der Waals surface area contributed by atoms with E-state index in [4.69, 9.17) is 9.47 Å². The van der Waals surface area contributed by atoms with Gasteiger partial charge in [-0.15, -0.1) is 0 Å². The topological polar surface area (TPSA) is 65.4 Å². The Hall–Kier alpha value is -3.28. The summed E-state index contributed by atoms with van der Waals surface area (Å²) in [6, 6.07) is 13.7. The average Bonchev–Trinajstić information content (AvgIpc) is 3.05. The number of aromatic nitrogens is 2. The van der Waals surface area contributed by atoms with Gasteiger partial charge in [-0.3, -0.25) is 4.79 Å². The molecule has 1 amide bonds. The summed E-state index contributed by atoms with van der Waals surface area (Å²) >= 11 is 0. The van der Waals surface area contributed by atoms with Gasteiger partial charge in [-0.2, -0.15) is 5.10 Å². The number of rotatable bonds is 8. The number of amides is 1. The number of nitrogens with one attached hydrogen (secondary N) is 1. The van der Waals surface area contributed by atoms with Crippen LogP contribution in [0.25, 0.3) is 5.69 Å². The van der Waals surface area contributed by atoms with Gasteiger partial charge >= 0.3 is 0 Å². The molecule has 0 unspecified atom stereocenters. The summed E-state index contributed by atoms with van der Waals surface area (Å²) in [5.74, 6) is 1.57. The van der Waals surface area contributed by atoms with Crippen molar-refractivity contribution in [3.05, 3.63) is 70.5 Å². The molecule has 0 fully saturated rings. The molecule has 1 atom stereocenters. The van der Waals surface area contributed by atoms with E-state index in [1.54, 1.807) is 14.2 Å². The van der Waals surface area contributed by atoms with E-state index in [2.05, 4.69) is 16.5 Å². The van der Waals surface area contributed by atoms with Gasteiger partial charge in [0.05, 0.1) is 31.6 Å². The van der Waals surface area contributed by atoms with Crippen LogP contribution in [0.2, 0.25) is 0 Å². The molecule has 164 valence electrons. The Labute approximate surface area is 184 Å². The molecule has 1 N–H and O–H groups in total. The zero-order chi connectivity index (χ0) is 22.5. The molecule has 0 aliphatic carbocycles. The van der Waals surface area contributed by atoms with E-state index in [1.165, 1.54) is 0 Å². The van der Waals surface area contributed by atoms with Gasteiger partial charge in [0, 0.05) is 23.7 Å². The Kier molecular flexibility index (Phi) is 7.00. The van der Waals surface area contributed by atoms with Gasteiger partial charge < -0.3 is 14.8 Å². The number of carbonyl (C=O) groups excluding carboxylic acids is 1. The van der Waals surface area contributed by atoms with Crippen LogP contribution in [0.5, 0.6) is 11.5 Å². The van der Waals surface area contributed by atoms with E-state index >= 15 is 0 Å². The van der Waals surface area contributed by atoms with E-state index < -0.39 is 0 Å². The van der Waals surface area contributed by atoms with E-state index in [9.17, 15) is 4.79 Å². The van der Waals surface area contributed by atoms with Crippen molar-refractivity contribution in [3.63, 3.8) is 0 Å². The van der Waals surface area contributed by atoms with Gasteiger partial charge in [0.2, 0.25) is 5.91 Å². The molecule has 0 bridgehead atoms. The maximum atomic E-state index is 12.7. The van der Waals surface area contributed by atoms with Gasteiger partial charge in [-0.25, -0.2) is 4.68 Å². The number of benzene rings is 2. The average molecular weight is 422 g/mol. The second-order valence-electron chi connectivity index (χ2n) is 7.80. The van der Waals surface area contributed by atoms with Gasteiger partial charge in [-0.1, -0.05) is 23.8 Å². The molecule has 1 heterocycles. The van der Waals surface area contributed by atoms with Crippen LogP contribution < -0.4 is 14.8 Å². The summed E-state index contributed by atoms with van der Waals surface area (Å²) < 4.78 is 12.7. The maximum Gasteiger partial charge on any atom is 0.220 e. The van der Waals surface area contributed by atoms with Crippen LogP contribution in [-0.2, 0) is 11.2 Å². The van der Waals surface area contributed by atoms with Crippen LogP contribution in [0.15, 0.2) is 42.5 Å². The molecule has 3 aromatic rings. The van der Waals surface area contributed by atoms with Crippen molar-refractivity contribution in [1.29, 1.82) is 0 Å². The zero-order valence-corrected chi connectivity index (χ0v) is 19.2. The Bertz CT molecular complexity index is 1070. The molecule has 0 radical (unpaired) electrons. The minimum atomic E-state index is -0.135. The van der Waals surface area contributed by atoms with E-state index in [1.807, 2.05) is 68.8 Å². The molecule has 3 rings (SSSR count). The second kappa shape index (κ2) is 9.69. The van der Waals surface area contributed by atoms with Crippen molar-refractivity contribution >= 4 is 5.91 Å². The molecule has 0 spiro atoms. The second-order valence-corrected chi connectivity index (χ2v) is 7.80. The molecule has 2 aromatic carbocycles. The fourth-order valence-electron chi connectivity index (χ4n) is 3.85. The number of nitrogens with zero attached hydrogens (tertiary/aromatic N) is 2.